The van der Waals surface area contributed by atoms with Crippen molar-refractivity contribution in [3.63, 3.8) is 0 Å². The number of anilines is 1. The van der Waals surface area contributed by atoms with E-state index in [0.717, 1.165) is 0 Å². The molecule has 0 radical (unpaired) electrons. The minimum atomic E-state index is -0.335. The van der Waals surface area contributed by atoms with Gasteiger partial charge in [-0.2, -0.15) is 0 Å². The predicted octanol–water partition coefficient (Wildman–Crippen LogP) is 2.91. The molecule has 0 heterocycles. The first-order valence-electron chi connectivity index (χ1n) is 4.58. The summed E-state index contributed by atoms with van der Waals surface area (Å²) in [6, 6.07) is 5.03. The number of benzene rings is 1. The third-order valence-electron chi connectivity index (χ3n) is 1.96. The smallest absolute Gasteiger partial charge is 0.221 e. The summed E-state index contributed by atoms with van der Waals surface area (Å²) in [6.45, 7) is 5.19. The number of halogens is 1. The molecule has 14 heavy (non-hydrogen) atoms. The van der Waals surface area contributed by atoms with Crippen LogP contribution in [-0.4, -0.2) is 5.91 Å². The highest BCUT2D eigenvalue weighted by atomic mass is 19.1. The molecule has 0 aliphatic carbocycles. The summed E-state index contributed by atoms with van der Waals surface area (Å²) in [4.78, 5) is 10.8. The van der Waals surface area contributed by atoms with E-state index in [4.69, 9.17) is 0 Å². The lowest BCUT2D eigenvalue weighted by Crippen LogP contribution is -2.08. The molecule has 1 aromatic rings. The highest BCUT2D eigenvalue weighted by Gasteiger charge is 2.10. The number of amides is 1. The maximum Gasteiger partial charge on any atom is 0.221 e. The van der Waals surface area contributed by atoms with E-state index in [-0.39, 0.29) is 23.3 Å². The standard InChI is InChI=1S/C11H14FNO/c1-7(2)9-5-4-6-10(11(9)12)13-8(3)14/h4-7H,1-3H3,(H,13,14). The van der Waals surface area contributed by atoms with Crippen LogP contribution < -0.4 is 5.32 Å². The zero-order valence-corrected chi connectivity index (χ0v) is 8.60. The number of carbonyl (C=O) groups is 1. The summed E-state index contributed by atoms with van der Waals surface area (Å²) >= 11 is 0. The van der Waals surface area contributed by atoms with Crippen LogP contribution >= 0.6 is 0 Å². The van der Waals surface area contributed by atoms with Crippen LogP contribution in [0, 0.1) is 5.82 Å². The van der Waals surface area contributed by atoms with Crippen molar-refractivity contribution in [2.45, 2.75) is 26.7 Å². The molecule has 0 atom stereocenters. The number of rotatable bonds is 2. The molecule has 3 heteroatoms. The summed E-state index contributed by atoms with van der Waals surface area (Å²) in [5.74, 6) is -0.480. The third kappa shape index (κ3) is 2.31. The first-order valence-corrected chi connectivity index (χ1v) is 4.58. The van der Waals surface area contributed by atoms with Gasteiger partial charge in [-0.15, -0.1) is 0 Å². The Kier molecular flexibility index (Phi) is 3.23. The second kappa shape index (κ2) is 4.22. The van der Waals surface area contributed by atoms with Crippen LogP contribution in [0.2, 0.25) is 0 Å². The van der Waals surface area contributed by atoms with Crippen LogP contribution in [0.3, 0.4) is 0 Å². The van der Waals surface area contributed by atoms with Crippen LogP contribution in [0.4, 0.5) is 10.1 Å². The fraction of sp³-hybridized carbons (Fsp3) is 0.364. The molecule has 0 aliphatic heterocycles. The van der Waals surface area contributed by atoms with Crippen LogP contribution in [-0.2, 0) is 4.79 Å². The average molecular weight is 195 g/mol. The maximum absolute atomic E-state index is 13.7. The first kappa shape index (κ1) is 10.7. The molecule has 1 N–H and O–H groups in total. The van der Waals surface area contributed by atoms with E-state index in [1.807, 2.05) is 13.8 Å². The first-order chi connectivity index (χ1) is 6.52. The lowest BCUT2D eigenvalue weighted by atomic mass is 10.0. The second-order valence-electron chi connectivity index (χ2n) is 3.54. The largest absolute Gasteiger partial charge is 0.324 e. The van der Waals surface area contributed by atoms with Gasteiger partial charge in [0.2, 0.25) is 5.91 Å². The lowest BCUT2D eigenvalue weighted by Gasteiger charge is -2.10. The molecule has 0 aromatic heterocycles. The summed E-state index contributed by atoms with van der Waals surface area (Å²) in [6.07, 6.45) is 0. The van der Waals surface area contributed by atoms with Crippen LogP contribution in [0.5, 0.6) is 0 Å². The summed E-state index contributed by atoms with van der Waals surface area (Å²) in [5, 5.41) is 2.45. The molecule has 1 rings (SSSR count). The Balaban J connectivity index is 3.07. The van der Waals surface area contributed by atoms with Gasteiger partial charge in [-0.25, -0.2) is 4.39 Å². The minimum absolute atomic E-state index is 0.115. The fourth-order valence-corrected chi connectivity index (χ4v) is 1.28. The average Bonchev–Trinajstić information content (AvgIpc) is 2.07. The Labute approximate surface area is 83.1 Å². The molecule has 1 amide bonds. The Morgan fingerprint density at radius 3 is 2.57 bits per heavy atom. The van der Waals surface area contributed by atoms with Gasteiger partial charge in [0.1, 0.15) is 5.82 Å². The van der Waals surface area contributed by atoms with E-state index in [1.54, 1.807) is 18.2 Å². The van der Waals surface area contributed by atoms with Gasteiger partial charge in [0.05, 0.1) is 5.69 Å². The van der Waals surface area contributed by atoms with Crippen molar-refractivity contribution in [3.05, 3.63) is 29.6 Å². The van der Waals surface area contributed by atoms with Gasteiger partial charge < -0.3 is 5.32 Å². The van der Waals surface area contributed by atoms with Crippen molar-refractivity contribution < 1.29 is 9.18 Å². The molecule has 0 bridgehead atoms. The van der Waals surface area contributed by atoms with Gasteiger partial charge in [0.15, 0.2) is 0 Å². The Hall–Kier alpha value is -1.38. The van der Waals surface area contributed by atoms with E-state index in [1.165, 1.54) is 6.92 Å². The molecular weight excluding hydrogens is 181 g/mol. The van der Waals surface area contributed by atoms with Crippen molar-refractivity contribution in [2.24, 2.45) is 0 Å². The second-order valence-corrected chi connectivity index (χ2v) is 3.54. The maximum atomic E-state index is 13.7. The number of nitrogens with one attached hydrogen (secondary N) is 1. The SMILES string of the molecule is CC(=O)Nc1cccc(C(C)C)c1F. The highest BCUT2D eigenvalue weighted by Crippen LogP contribution is 2.24. The summed E-state index contributed by atoms with van der Waals surface area (Å²) in [5.41, 5.74) is 0.875. The monoisotopic (exact) mass is 195 g/mol. The lowest BCUT2D eigenvalue weighted by molar-refractivity contribution is -0.114. The number of hydrogen-bond acceptors (Lipinski definition) is 1. The zero-order chi connectivity index (χ0) is 10.7. The van der Waals surface area contributed by atoms with Gasteiger partial charge in [-0.3, -0.25) is 4.79 Å². The van der Waals surface area contributed by atoms with E-state index in [2.05, 4.69) is 5.32 Å². The third-order valence-corrected chi connectivity index (χ3v) is 1.96. The van der Waals surface area contributed by atoms with Crippen LogP contribution in [0.15, 0.2) is 18.2 Å². The van der Waals surface area contributed by atoms with Crippen molar-refractivity contribution in [2.75, 3.05) is 5.32 Å². The Bertz CT molecular complexity index is 347. The minimum Gasteiger partial charge on any atom is -0.324 e. The van der Waals surface area contributed by atoms with Crippen molar-refractivity contribution in [1.82, 2.24) is 0 Å². The molecule has 0 spiro atoms. The quantitative estimate of drug-likeness (QED) is 0.772. The highest BCUT2D eigenvalue weighted by molar-refractivity contribution is 5.88. The molecule has 76 valence electrons. The number of hydrogen-bond donors (Lipinski definition) is 1. The normalized spacial score (nSPS) is 10.4. The molecular formula is C11H14FNO. The number of carbonyl (C=O) groups excluding carboxylic acids is 1. The van der Waals surface area contributed by atoms with E-state index in [9.17, 15) is 9.18 Å². The molecule has 0 unspecified atom stereocenters. The van der Waals surface area contributed by atoms with Gasteiger partial charge in [0, 0.05) is 6.92 Å². The Morgan fingerprint density at radius 2 is 2.07 bits per heavy atom. The molecule has 0 saturated carbocycles. The van der Waals surface area contributed by atoms with Crippen molar-refractivity contribution in [1.29, 1.82) is 0 Å². The fourth-order valence-electron chi connectivity index (χ4n) is 1.28. The molecule has 0 fully saturated rings. The molecule has 0 saturated heterocycles. The molecule has 2 nitrogen and oxygen atoms in total. The molecule has 0 aliphatic rings. The zero-order valence-electron chi connectivity index (χ0n) is 8.60. The van der Waals surface area contributed by atoms with E-state index in [0.29, 0.717) is 5.56 Å². The van der Waals surface area contributed by atoms with Crippen LogP contribution in [0.25, 0.3) is 0 Å². The summed E-state index contributed by atoms with van der Waals surface area (Å²) < 4.78 is 13.7. The predicted molar refractivity (Wildman–Crippen MR) is 54.8 cm³/mol. The topological polar surface area (TPSA) is 29.1 Å². The molecule has 1 aromatic carbocycles. The summed E-state index contributed by atoms with van der Waals surface area (Å²) in [7, 11) is 0. The Morgan fingerprint density at radius 1 is 1.43 bits per heavy atom. The van der Waals surface area contributed by atoms with Crippen LogP contribution in [0.1, 0.15) is 32.3 Å². The van der Waals surface area contributed by atoms with E-state index < -0.39 is 0 Å². The van der Waals surface area contributed by atoms with E-state index >= 15 is 0 Å². The van der Waals surface area contributed by atoms with Gasteiger partial charge in [-0.05, 0) is 17.5 Å². The van der Waals surface area contributed by atoms with Gasteiger partial charge >= 0.3 is 0 Å². The van der Waals surface area contributed by atoms with Gasteiger partial charge in [-0.1, -0.05) is 26.0 Å². The van der Waals surface area contributed by atoms with Gasteiger partial charge in [0.25, 0.3) is 0 Å². The van der Waals surface area contributed by atoms with Crippen molar-refractivity contribution >= 4 is 11.6 Å². The van der Waals surface area contributed by atoms with Crippen molar-refractivity contribution in [3.8, 4) is 0 Å².